The number of ether oxygens (including phenoxy) is 2. The van der Waals surface area contributed by atoms with Crippen LogP contribution in [0, 0.1) is 0 Å². The Morgan fingerprint density at radius 2 is 1.85 bits per heavy atom. The fraction of sp³-hybridized carbons (Fsp3) is 0.500. The van der Waals surface area contributed by atoms with Gasteiger partial charge in [-0.25, -0.2) is 13.2 Å². The highest BCUT2D eigenvalue weighted by Gasteiger charge is 2.34. The molecule has 0 spiro atoms. The number of amides is 1. The predicted molar refractivity (Wildman–Crippen MR) is 97.3 cm³/mol. The highest BCUT2D eigenvalue weighted by atomic mass is 32.2. The fourth-order valence-corrected chi connectivity index (χ4v) is 4.53. The quantitative estimate of drug-likeness (QED) is 0.496. The second-order valence-electron chi connectivity index (χ2n) is 6.51. The van der Waals surface area contributed by atoms with Gasteiger partial charge in [0.25, 0.3) is 5.91 Å². The summed E-state index contributed by atoms with van der Waals surface area (Å²) in [4.78, 5) is 36.8. The van der Waals surface area contributed by atoms with Crippen molar-refractivity contribution in [1.29, 1.82) is 0 Å². The Balaban J connectivity index is 1.82. The SMILES string of the molecule is CC(=O)c1ccc(OCC(=O)O[C@H](C)C(=O)N(C)[C@H]2CCS(=O)(=O)C2)cc1. The zero-order valence-corrected chi connectivity index (χ0v) is 16.3. The van der Waals surface area contributed by atoms with Crippen LogP contribution in [0.3, 0.4) is 0 Å². The topological polar surface area (TPSA) is 107 Å². The number of rotatable bonds is 7. The number of hydrogen-bond acceptors (Lipinski definition) is 7. The Hall–Kier alpha value is -2.42. The minimum Gasteiger partial charge on any atom is -0.482 e. The van der Waals surface area contributed by atoms with Crippen LogP contribution in [0.4, 0.5) is 0 Å². The lowest BCUT2D eigenvalue weighted by Crippen LogP contribution is -2.44. The lowest BCUT2D eigenvalue weighted by molar-refractivity contribution is -0.160. The summed E-state index contributed by atoms with van der Waals surface area (Å²) in [6.07, 6.45) is -0.667. The first-order valence-corrected chi connectivity index (χ1v) is 10.3. The smallest absolute Gasteiger partial charge is 0.344 e. The van der Waals surface area contributed by atoms with Gasteiger partial charge in [-0.3, -0.25) is 9.59 Å². The molecule has 0 N–H and O–H groups in total. The van der Waals surface area contributed by atoms with Crippen LogP contribution < -0.4 is 4.74 Å². The molecule has 27 heavy (non-hydrogen) atoms. The summed E-state index contributed by atoms with van der Waals surface area (Å²) in [5.74, 6) is -0.887. The molecule has 0 radical (unpaired) electrons. The lowest BCUT2D eigenvalue weighted by atomic mass is 10.1. The molecule has 8 nitrogen and oxygen atoms in total. The molecule has 2 rings (SSSR count). The van der Waals surface area contributed by atoms with Gasteiger partial charge in [0.15, 0.2) is 28.3 Å². The maximum absolute atomic E-state index is 12.3. The van der Waals surface area contributed by atoms with Crippen LogP contribution in [-0.4, -0.2) is 68.3 Å². The molecule has 1 heterocycles. The molecular weight excluding hydrogens is 374 g/mol. The minimum absolute atomic E-state index is 0.0553. The van der Waals surface area contributed by atoms with Gasteiger partial charge in [0.05, 0.1) is 11.5 Å². The van der Waals surface area contributed by atoms with Gasteiger partial charge in [0.1, 0.15) is 5.75 Å². The van der Waals surface area contributed by atoms with E-state index in [4.69, 9.17) is 9.47 Å². The van der Waals surface area contributed by atoms with Crippen molar-refractivity contribution in [3.05, 3.63) is 29.8 Å². The summed E-state index contributed by atoms with van der Waals surface area (Å²) in [6, 6.07) is 5.89. The van der Waals surface area contributed by atoms with Gasteiger partial charge in [-0.1, -0.05) is 0 Å². The Kier molecular flexibility index (Phi) is 6.59. The van der Waals surface area contributed by atoms with E-state index in [1.54, 1.807) is 24.3 Å². The van der Waals surface area contributed by atoms with Crippen LogP contribution in [0.5, 0.6) is 5.75 Å². The van der Waals surface area contributed by atoms with Gasteiger partial charge in [0, 0.05) is 18.7 Å². The molecule has 9 heteroatoms. The molecule has 1 aliphatic rings. The number of Topliss-reactive ketones (excluding diaryl/α,β-unsaturated/α-hetero) is 1. The number of esters is 1. The summed E-state index contributed by atoms with van der Waals surface area (Å²) in [5, 5.41) is 0. The Labute approximate surface area is 158 Å². The molecule has 0 saturated carbocycles. The first-order valence-electron chi connectivity index (χ1n) is 8.49. The molecule has 1 saturated heterocycles. The van der Waals surface area contributed by atoms with E-state index in [0.717, 1.165) is 0 Å². The monoisotopic (exact) mass is 397 g/mol. The van der Waals surface area contributed by atoms with E-state index in [1.165, 1.54) is 25.8 Å². The zero-order valence-electron chi connectivity index (χ0n) is 15.5. The molecule has 0 unspecified atom stereocenters. The molecule has 2 atom stereocenters. The van der Waals surface area contributed by atoms with Gasteiger partial charge in [-0.15, -0.1) is 0 Å². The summed E-state index contributed by atoms with van der Waals surface area (Å²) < 4.78 is 33.4. The van der Waals surface area contributed by atoms with Crippen molar-refractivity contribution >= 4 is 27.5 Å². The molecule has 1 fully saturated rings. The van der Waals surface area contributed by atoms with E-state index >= 15 is 0 Å². The van der Waals surface area contributed by atoms with E-state index in [9.17, 15) is 22.8 Å². The highest BCUT2D eigenvalue weighted by Crippen LogP contribution is 2.18. The van der Waals surface area contributed by atoms with Crippen molar-refractivity contribution in [2.75, 3.05) is 25.2 Å². The maximum atomic E-state index is 12.3. The number of carbonyl (C=O) groups excluding carboxylic acids is 3. The first-order chi connectivity index (χ1) is 12.6. The van der Waals surface area contributed by atoms with Crippen molar-refractivity contribution in [2.45, 2.75) is 32.4 Å². The zero-order chi connectivity index (χ0) is 20.2. The van der Waals surface area contributed by atoms with Gasteiger partial charge >= 0.3 is 5.97 Å². The standard InChI is InChI=1S/C18H23NO7S/c1-12(20)14-4-6-16(7-5-14)25-10-17(21)26-13(2)18(22)19(3)15-8-9-27(23,24)11-15/h4-7,13,15H,8-11H2,1-3H3/t13-,15+/m1/s1. The number of hydrogen-bond donors (Lipinski definition) is 0. The Morgan fingerprint density at radius 1 is 1.22 bits per heavy atom. The van der Waals surface area contributed by atoms with Gasteiger partial charge in [-0.2, -0.15) is 0 Å². The third kappa shape index (κ3) is 5.78. The number of sulfone groups is 1. The van der Waals surface area contributed by atoms with Crippen molar-refractivity contribution in [1.82, 2.24) is 4.90 Å². The normalized spacial score (nSPS) is 19.1. The van der Waals surface area contributed by atoms with Gasteiger partial charge in [0.2, 0.25) is 0 Å². The minimum atomic E-state index is -3.11. The number of benzene rings is 1. The third-order valence-electron chi connectivity index (χ3n) is 4.38. The highest BCUT2D eigenvalue weighted by molar-refractivity contribution is 7.91. The second kappa shape index (κ2) is 8.51. The van der Waals surface area contributed by atoms with E-state index in [2.05, 4.69) is 0 Å². The molecule has 1 aliphatic heterocycles. The molecule has 0 aliphatic carbocycles. The van der Waals surface area contributed by atoms with Gasteiger partial charge in [-0.05, 0) is 44.5 Å². The summed E-state index contributed by atoms with van der Waals surface area (Å²) in [5.41, 5.74) is 0.529. The number of ketones is 1. The van der Waals surface area contributed by atoms with Gasteiger partial charge < -0.3 is 14.4 Å². The van der Waals surface area contributed by atoms with Crippen LogP contribution in [0.2, 0.25) is 0 Å². The molecule has 1 aromatic rings. The molecule has 0 aromatic heterocycles. The number of likely N-dealkylation sites (N-methyl/N-ethyl adjacent to an activating group) is 1. The molecule has 1 amide bonds. The van der Waals surface area contributed by atoms with E-state index in [0.29, 0.717) is 17.7 Å². The van der Waals surface area contributed by atoms with Crippen molar-refractivity contribution in [3.8, 4) is 5.75 Å². The van der Waals surface area contributed by atoms with Crippen LogP contribution in [0.15, 0.2) is 24.3 Å². The second-order valence-corrected chi connectivity index (χ2v) is 8.74. The molecule has 1 aromatic carbocycles. The maximum Gasteiger partial charge on any atom is 0.344 e. The summed E-state index contributed by atoms with van der Waals surface area (Å²) >= 11 is 0. The van der Waals surface area contributed by atoms with E-state index in [-0.39, 0.29) is 17.3 Å². The number of nitrogens with zero attached hydrogens (tertiary/aromatic N) is 1. The predicted octanol–water partition coefficient (Wildman–Crippen LogP) is 0.845. The fourth-order valence-electron chi connectivity index (χ4n) is 2.76. The third-order valence-corrected chi connectivity index (χ3v) is 6.13. The molecule has 0 bridgehead atoms. The largest absolute Gasteiger partial charge is 0.482 e. The van der Waals surface area contributed by atoms with Crippen LogP contribution in [-0.2, 0) is 24.2 Å². The van der Waals surface area contributed by atoms with E-state index in [1.807, 2.05) is 0 Å². The molecule has 148 valence electrons. The summed E-state index contributed by atoms with van der Waals surface area (Å²) in [7, 11) is -1.61. The Bertz CT molecular complexity index is 817. The van der Waals surface area contributed by atoms with Crippen LogP contribution >= 0.6 is 0 Å². The van der Waals surface area contributed by atoms with E-state index < -0.39 is 40.5 Å². The van der Waals surface area contributed by atoms with Crippen LogP contribution in [0.1, 0.15) is 30.6 Å². The van der Waals surface area contributed by atoms with Crippen LogP contribution in [0.25, 0.3) is 0 Å². The Morgan fingerprint density at radius 3 is 2.37 bits per heavy atom. The first kappa shape index (κ1) is 20.9. The summed E-state index contributed by atoms with van der Waals surface area (Å²) in [6.45, 7) is 2.49. The lowest BCUT2D eigenvalue weighted by Gasteiger charge is -2.26. The van der Waals surface area contributed by atoms with Crippen molar-refractivity contribution < 1.29 is 32.3 Å². The van der Waals surface area contributed by atoms with Crippen molar-refractivity contribution in [2.24, 2.45) is 0 Å². The number of carbonyl (C=O) groups is 3. The average molecular weight is 397 g/mol. The average Bonchev–Trinajstić information content (AvgIpc) is 2.98. The molecular formula is C18H23NO7S. The van der Waals surface area contributed by atoms with Crippen molar-refractivity contribution in [3.63, 3.8) is 0 Å².